The largest absolute Gasteiger partial charge is 0.383 e. The van der Waals surface area contributed by atoms with Crippen LogP contribution in [0, 0.1) is 6.92 Å². The van der Waals surface area contributed by atoms with Crippen LogP contribution in [-0.2, 0) is 5.41 Å². The van der Waals surface area contributed by atoms with E-state index in [1.807, 2.05) is 31.2 Å². The van der Waals surface area contributed by atoms with Gasteiger partial charge in [0.2, 0.25) is 0 Å². The van der Waals surface area contributed by atoms with Crippen molar-refractivity contribution in [3.05, 3.63) is 35.7 Å². The number of nitrogens with zero attached hydrogens (tertiary/aromatic N) is 5. The first-order chi connectivity index (χ1) is 9.88. The highest BCUT2D eigenvalue weighted by atomic mass is 15.4. The summed E-state index contributed by atoms with van der Waals surface area (Å²) in [6.45, 7) is 8.06. The Labute approximate surface area is 123 Å². The van der Waals surface area contributed by atoms with Crippen LogP contribution < -0.4 is 5.73 Å². The third-order valence-corrected chi connectivity index (χ3v) is 3.38. The fraction of sp³-hybridized carbons (Fsp3) is 0.333. The molecular formula is C15H18N6. The molecule has 1 aromatic carbocycles. The van der Waals surface area contributed by atoms with E-state index in [-0.39, 0.29) is 5.41 Å². The van der Waals surface area contributed by atoms with E-state index in [1.54, 1.807) is 4.68 Å². The van der Waals surface area contributed by atoms with E-state index < -0.39 is 0 Å². The van der Waals surface area contributed by atoms with Crippen LogP contribution in [0.5, 0.6) is 0 Å². The lowest BCUT2D eigenvalue weighted by Crippen LogP contribution is -2.20. The van der Waals surface area contributed by atoms with Gasteiger partial charge < -0.3 is 5.73 Å². The van der Waals surface area contributed by atoms with Crippen molar-refractivity contribution in [3.63, 3.8) is 0 Å². The molecule has 6 heteroatoms. The van der Waals surface area contributed by atoms with E-state index >= 15 is 0 Å². The molecule has 0 aliphatic rings. The van der Waals surface area contributed by atoms with Gasteiger partial charge in [0.15, 0.2) is 5.82 Å². The molecule has 21 heavy (non-hydrogen) atoms. The van der Waals surface area contributed by atoms with E-state index in [0.29, 0.717) is 17.5 Å². The molecule has 3 aromatic rings. The van der Waals surface area contributed by atoms with Gasteiger partial charge in [-0.25, -0.2) is 9.97 Å². The molecule has 0 aliphatic carbocycles. The number of fused-ring (bicyclic) bond motifs is 1. The van der Waals surface area contributed by atoms with Crippen LogP contribution in [0.25, 0.3) is 16.9 Å². The molecule has 0 saturated heterocycles. The third-order valence-electron chi connectivity index (χ3n) is 3.38. The predicted molar refractivity (Wildman–Crippen MR) is 82.3 cm³/mol. The number of para-hydroxylation sites is 1. The highest BCUT2D eigenvalue weighted by Gasteiger charge is 2.22. The van der Waals surface area contributed by atoms with Crippen molar-refractivity contribution in [2.45, 2.75) is 33.1 Å². The Bertz CT molecular complexity index is 813. The second-order valence-corrected chi connectivity index (χ2v) is 6.12. The van der Waals surface area contributed by atoms with Crippen molar-refractivity contribution in [2.75, 3.05) is 5.73 Å². The van der Waals surface area contributed by atoms with Gasteiger partial charge in [0, 0.05) is 11.0 Å². The van der Waals surface area contributed by atoms with Crippen LogP contribution in [0.15, 0.2) is 24.3 Å². The lowest BCUT2D eigenvalue weighted by Gasteiger charge is -2.19. The monoisotopic (exact) mass is 282 g/mol. The van der Waals surface area contributed by atoms with Gasteiger partial charge >= 0.3 is 0 Å². The maximum Gasteiger partial charge on any atom is 0.164 e. The summed E-state index contributed by atoms with van der Waals surface area (Å²) in [4.78, 5) is 9.07. The molecule has 0 aliphatic heterocycles. The Morgan fingerprint density at radius 3 is 2.52 bits per heavy atom. The summed E-state index contributed by atoms with van der Waals surface area (Å²) < 4.78 is 1.72. The zero-order valence-corrected chi connectivity index (χ0v) is 12.6. The van der Waals surface area contributed by atoms with Crippen molar-refractivity contribution in [2.24, 2.45) is 0 Å². The number of aromatic nitrogens is 5. The molecule has 0 bridgehead atoms. The smallest absolute Gasteiger partial charge is 0.164 e. The van der Waals surface area contributed by atoms with Gasteiger partial charge in [0.05, 0.1) is 5.52 Å². The number of nitrogen functional groups attached to an aromatic ring is 1. The van der Waals surface area contributed by atoms with Crippen molar-refractivity contribution >= 4 is 16.9 Å². The summed E-state index contributed by atoms with van der Waals surface area (Å²) in [6.07, 6.45) is 0. The van der Waals surface area contributed by atoms with Gasteiger partial charge in [-0.2, -0.15) is 4.68 Å². The molecular weight excluding hydrogens is 264 g/mol. The summed E-state index contributed by atoms with van der Waals surface area (Å²) in [5.41, 5.74) is 8.40. The van der Waals surface area contributed by atoms with Crippen LogP contribution >= 0.6 is 0 Å². The van der Waals surface area contributed by atoms with Gasteiger partial charge in [-0.3, -0.25) is 0 Å². The summed E-state index contributed by atoms with van der Waals surface area (Å²) in [5.74, 6) is 1.85. The van der Waals surface area contributed by atoms with Crippen LogP contribution in [0.1, 0.15) is 32.2 Å². The third kappa shape index (κ3) is 2.22. The molecule has 0 unspecified atom stereocenters. The lowest BCUT2D eigenvalue weighted by molar-refractivity contribution is 0.542. The van der Waals surface area contributed by atoms with Crippen molar-refractivity contribution in [1.82, 2.24) is 25.0 Å². The number of hydrogen-bond acceptors (Lipinski definition) is 5. The highest BCUT2D eigenvalue weighted by Crippen LogP contribution is 2.25. The van der Waals surface area contributed by atoms with Crippen LogP contribution in [0.2, 0.25) is 0 Å². The van der Waals surface area contributed by atoms with Crippen LogP contribution in [0.3, 0.4) is 0 Å². The average Bonchev–Trinajstić information content (AvgIpc) is 2.84. The molecule has 0 atom stereocenters. The fourth-order valence-electron chi connectivity index (χ4n) is 2.09. The van der Waals surface area contributed by atoms with E-state index in [4.69, 9.17) is 5.73 Å². The summed E-state index contributed by atoms with van der Waals surface area (Å²) in [6, 6.07) is 7.77. The first-order valence-electron chi connectivity index (χ1n) is 6.83. The number of nitrogens with two attached hydrogens (primary N) is 1. The second kappa shape index (κ2) is 4.51. The molecule has 0 radical (unpaired) electrons. The van der Waals surface area contributed by atoms with Gasteiger partial charge in [-0.05, 0) is 19.1 Å². The van der Waals surface area contributed by atoms with E-state index in [1.165, 1.54) is 0 Å². The molecule has 0 spiro atoms. The minimum atomic E-state index is -0.188. The summed E-state index contributed by atoms with van der Waals surface area (Å²) in [5, 5.41) is 8.38. The number of hydrogen-bond donors (Lipinski definition) is 1. The van der Waals surface area contributed by atoms with Gasteiger partial charge in [-0.1, -0.05) is 38.1 Å². The van der Waals surface area contributed by atoms with Crippen LogP contribution in [0.4, 0.5) is 5.82 Å². The fourth-order valence-corrected chi connectivity index (χ4v) is 2.09. The van der Waals surface area contributed by atoms with Crippen molar-refractivity contribution < 1.29 is 0 Å². The quantitative estimate of drug-likeness (QED) is 0.741. The van der Waals surface area contributed by atoms with E-state index in [0.717, 1.165) is 16.6 Å². The molecule has 108 valence electrons. The van der Waals surface area contributed by atoms with Crippen LogP contribution in [-0.4, -0.2) is 25.0 Å². The number of anilines is 1. The van der Waals surface area contributed by atoms with Gasteiger partial charge in [0.1, 0.15) is 17.2 Å². The van der Waals surface area contributed by atoms with Gasteiger partial charge in [-0.15, -0.1) is 5.10 Å². The standard InChI is InChI=1S/C15H18N6/c1-9-12(16)17-14(15(2,3)4)18-13(9)21-11-8-6-5-7-10(11)19-20-21/h5-8H,1-4H3,(H2,16,17,18). The summed E-state index contributed by atoms with van der Waals surface area (Å²) in [7, 11) is 0. The maximum atomic E-state index is 6.06. The molecule has 0 fully saturated rings. The zero-order chi connectivity index (χ0) is 15.2. The van der Waals surface area contributed by atoms with E-state index in [9.17, 15) is 0 Å². The second-order valence-electron chi connectivity index (χ2n) is 6.12. The summed E-state index contributed by atoms with van der Waals surface area (Å²) >= 11 is 0. The first kappa shape index (κ1) is 13.5. The van der Waals surface area contributed by atoms with Gasteiger partial charge in [0.25, 0.3) is 0 Å². The lowest BCUT2D eigenvalue weighted by atomic mass is 9.95. The minimum absolute atomic E-state index is 0.188. The highest BCUT2D eigenvalue weighted by molar-refractivity contribution is 5.76. The normalized spacial score (nSPS) is 12.0. The zero-order valence-electron chi connectivity index (χ0n) is 12.6. The predicted octanol–water partition coefficient (Wildman–Crippen LogP) is 2.40. The van der Waals surface area contributed by atoms with Crippen molar-refractivity contribution in [1.29, 1.82) is 0 Å². The Balaban J connectivity index is 2.29. The molecule has 2 heterocycles. The Morgan fingerprint density at radius 1 is 1.10 bits per heavy atom. The molecule has 0 saturated carbocycles. The Kier molecular flexibility index (Phi) is 2.90. The number of benzene rings is 1. The van der Waals surface area contributed by atoms with E-state index in [2.05, 4.69) is 41.1 Å². The maximum absolute atomic E-state index is 6.06. The molecule has 6 nitrogen and oxygen atoms in total. The molecule has 2 aromatic heterocycles. The first-order valence-corrected chi connectivity index (χ1v) is 6.83. The minimum Gasteiger partial charge on any atom is -0.383 e. The topological polar surface area (TPSA) is 82.5 Å². The average molecular weight is 282 g/mol. The molecule has 3 rings (SSSR count). The molecule has 0 amide bonds. The SMILES string of the molecule is Cc1c(N)nc(C(C)(C)C)nc1-n1nnc2ccccc21. The van der Waals surface area contributed by atoms with Crippen molar-refractivity contribution in [3.8, 4) is 5.82 Å². The number of rotatable bonds is 1. The molecule has 2 N–H and O–H groups in total. The Hall–Kier alpha value is -2.50. The Morgan fingerprint density at radius 2 is 1.81 bits per heavy atom.